The van der Waals surface area contributed by atoms with Crippen LogP contribution >= 0.6 is 0 Å². The maximum atomic E-state index is 13.4. The Morgan fingerprint density at radius 1 is 1.04 bits per heavy atom. The van der Waals surface area contributed by atoms with Crippen LogP contribution in [0.25, 0.3) is 0 Å². The normalized spacial score (nSPS) is 12.9. The first-order valence-electron chi connectivity index (χ1n) is 8.38. The van der Waals surface area contributed by atoms with E-state index in [-0.39, 0.29) is 23.3 Å². The van der Waals surface area contributed by atoms with E-state index in [2.05, 4.69) is 4.74 Å². The van der Waals surface area contributed by atoms with E-state index in [0.29, 0.717) is 11.1 Å². The van der Waals surface area contributed by atoms with Crippen molar-refractivity contribution in [1.82, 2.24) is 0 Å². The third kappa shape index (κ3) is 5.01. The van der Waals surface area contributed by atoms with E-state index in [0.717, 1.165) is 5.56 Å². The number of ether oxygens (including phenoxy) is 1. The minimum Gasteiger partial charge on any atom is -0.454 e. The first-order valence-corrected chi connectivity index (χ1v) is 9.82. The number of carbonyl (C=O) groups excluding carboxylic acids is 1. The van der Waals surface area contributed by atoms with E-state index in [1.807, 2.05) is 53.7 Å². The van der Waals surface area contributed by atoms with E-state index < -0.39 is 27.9 Å². The molecule has 0 saturated carbocycles. The fourth-order valence-electron chi connectivity index (χ4n) is 2.49. The smallest absolute Gasteiger partial charge is 0.402 e. The molecule has 0 aliphatic rings. The molecule has 0 aliphatic heterocycles. The van der Waals surface area contributed by atoms with Gasteiger partial charge in [-0.1, -0.05) is 53.7 Å². The second-order valence-corrected chi connectivity index (χ2v) is 8.77. The number of alkyl halides is 2. The quantitative estimate of drug-likeness (QED) is 0.538. The third-order valence-electron chi connectivity index (χ3n) is 4.09. The monoisotopic (exact) mass is 392 g/mol. The molecule has 5 nitrogen and oxygen atoms in total. The highest BCUT2D eigenvalue weighted by Crippen LogP contribution is 2.33. The molecule has 1 aromatic carbocycles. The minimum absolute atomic E-state index is 0.0733. The summed E-state index contributed by atoms with van der Waals surface area (Å²) in [7, 11) is -5.66. The second-order valence-electron chi connectivity index (χ2n) is 7.23. The lowest BCUT2D eigenvalue weighted by molar-refractivity contribution is -0.00969. The third-order valence-corrected chi connectivity index (χ3v) is 4.96. The number of hydrogen-bond acceptors (Lipinski definition) is 4. The maximum Gasteiger partial charge on any atom is 0.402 e. The van der Waals surface area contributed by atoms with E-state index in [1.165, 1.54) is 0 Å². The van der Waals surface area contributed by atoms with Gasteiger partial charge in [0.25, 0.3) is 0 Å². The zero-order valence-corrected chi connectivity index (χ0v) is 16.7. The molecule has 0 aromatic heterocycles. The van der Waals surface area contributed by atoms with Gasteiger partial charge in [-0.15, -0.1) is 0 Å². The van der Waals surface area contributed by atoms with Crippen molar-refractivity contribution in [3.8, 4) is 0 Å². The van der Waals surface area contributed by atoms with E-state index in [1.54, 1.807) is 0 Å². The summed E-state index contributed by atoms with van der Waals surface area (Å²) in [6.07, 6.45) is 0. The van der Waals surface area contributed by atoms with Gasteiger partial charge >= 0.3 is 21.3 Å². The predicted molar refractivity (Wildman–Crippen MR) is 95.5 cm³/mol. The average molecular weight is 392 g/mol. The van der Waals surface area contributed by atoms with Crippen molar-refractivity contribution < 1.29 is 31.3 Å². The van der Waals surface area contributed by atoms with Gasteiger partial charge in [0.2, 0.25) is 0 Å². The Kier molecular flexibility index (Phi) is 6.92. The molecule has 8 heteroatoms. The molecule has 1 aromatic rings. The number of halogens is 2. The van der Waals surface area contributed by atoms with Crippen molar-refractivity contribution >= 4 is 16.1 Å². The molecule has 0 heterocycles. The van der Waals surface area contributed by atoms with Gasteiger partial charge < -0.3 is 4.74 Å². The van der Waals surface area contributed by atoms with E-state index in [4.69, 9.17) is 4.55 Å². The van der Waals surface area contributed by atoms with Gasteiger partial charge in [0, 0.05) is 0 Å². The molecule has 0 amide bonds. The van der Waals surface area contributed by atoms with Crippen LogP contribution in [0.1, 0.15) is 86.3 Å². The Labute approximate surface area is 153 Å². The van der Waals surface area contributed by atoms with Gasteiger partial charge in [0.15, 0.2) is 6.61 Å². The first kappa shape index (κ1) is 22.5. The highest BCUT2D eigenvalue weighted by Gasteiger charge is 2.46. The van der Waals surface area contributed by atoms with Crippen LogP contribution in [0.4, 0.5) is 8.78 Å². The summed E-state index contributed by atoms with van der Waals surface area (Å²) in [5.74, 6) is -0.971. The number of rotatable bonds is 7. The molecule has 0 aliphatic carbocycles. The van der Waals surface area contributed by atoms with Gasteiger partial charge in [0.1, 0.15) is 0 Å². The Morgan fingerprint density at radius 3 is 1.77 bits per heavy atom. The van der Waals surface area contributed by atoms with Gasteiger partial charge in [-0.25, -0.2) is 4.79 Å². The molecule has 0 radical (unpaired) electrons. The molecular formula is C18H26F2O5S. The van der Waals surface area contributed by atoms with Crippen LogP contribution in [0.3, 0.4) is 0 Å². The Morgan fingerprint density at radius 2 is 1.46 bits per heavy atom. The van der Waals surface area contributed by atoms with Crippen molar-refractivity contribution in [2.75, 3.05) is 6.61 Å². The number of hydrogen-bond donors (Lipinski definition) is 1. The predicted octanol–water partition coefficient (Wildman–Crippen LogP) is 4.69. The summed E-state index contributed by atoms with van der Waals surface area (Å²) >= 11 is 0. The van der Waals surface area contributed by atoms with Crippen LogP contribution in [-0.2, 0) is 14.9 Å². The van der Waals surface area contributed by atoms with Gasteiger partial charge in [-0.2, -0.15) is 17.2 Å². The van der Waals surface area contributed by atoms with E-state index >= 15 is 0 Å². The first-order chi connectivity index (χ1) is 11.7. The Bertz CT molecular complexity index is 739. The lowest BCUT2D eigenvalue weighted by Gasteiger charge is -2.22. The van der Waals surface area contributed by atoms with Gasteiger partial charge in [-0.3, -0.25) is 4.55 Å². The molecule has 0 fully saturated rings. The minimum atomic E-state index is -5.66. The van der Waals surface area contributed by atoms with Crippen LogP contribution in [0, 0.1) is 0 Å². The van der Waals surface area contributed by atoms with Crippen LogP contribution in [-0.4, -0.2) is 30.8 Å². The lowest BCUT2D eigenvalue weighted by Crippen LogP contribution is -2.35. The van der Waals surface area contributed by atoms with Gasteiger partial charge in [0.05, 0.1) is 5.56 Å². The highest BCUT2D eigenvalue weighted by atomic mass is 32.2. The standard InChI is InChI=1S/C18H26F2O5S/c1-10(2)13-7-14(11(3)4)16(15(8-13)12(5)6)17(21)25-9-18(19,20)26(22,23)24/h7-8,10-12H,9H2,1-6H3,(H,22,23,24). The van der Waals surface area contributed by atoms with Crippen LogP contribution < -0.4 is 0 Å². The van der Waals surface area contributed by atoms with E-state index in [9.17, 15) is 22.0 Å². The van der Waals surface area contributed by atoms with Crippen LogP contribution in [0.15, 0.2) is 12.1 Å². The molecule has 148 valence electrons. The highest BCUT2D eigenvalue weighted by molar-refractivity contribution is 7.86. The molecule has 0 unspecified atom stereocenters. The topological polar surface area (TPSA) is 80.7 Å². The van der Waals surface area contributed by atoms with Gasteiger partial charge in [-0.05, 0) is 34.4 Å². The molecule has 1 N–H and O–H groups in total. The number of esters is 1. The second kappa shape index (κ2) is 8.00. The van der Waals surface area contributed by atoms with Crippen molar-refractivity contribution in [2.24, 2.45) is 0 Å². The van der Waals surface area contributed by atoms with Crippen LogP contribution in [0.2, 0.25) is 0 Å². The Hall–Kier alpha value is -1.54. The summed E-state index contributed by atoms with van der Waals surface area (Å²) in [6.45, 7) is 9.74. The van der Waals surface area contributed by atoms with Crippen molar-refractivity contribution in [3.05, 3.63) is 34.4 Å². The van der Waals surface area contributed by atoms with Crippen LogP contribution in [0.5, 0.6) is 0 Å². The number of carbonyl (C=O) groups is 1. The Balaban J connectivity index is 3.39. The zero-order chi connectivity index (χ0) is 20.4. The number of benzene rings is 1. The SMILES string of the molecule is CC(C)c1cc(C(C)C)c(C(=O)OCC(F)(F)S(=O)(=O)O)c(C(C)C)c1. The molecular weight excluding hydrogens is 366 g/mol. The molecule has 0 bridgehead atoms. The molecule has 26 heavy (non-hydrogen) atoms. The van der Waals surface area contributed by atoms with Crippen molar-refractivity contribution in [1.29, 1.82) is 0 Å². The summed E-state index contributed by atoms with van der Waals surface area (Å²) in [5, 5.41) is -4.56. The fraction of sp³-hybridized carbons (Fsp3) is 0.611. The summed E-state index contributed by atoms with van der Waals surface area (Å²) in [4.78, 5) is 12.5. The fourth-order valence-corrected chi connectivity index (χ4v) is 2.70. The van der Waals surface area contributed by atoms with Crippen molar-refractivity contribution in [3.63, 3.8) is 0 Å². The molecule has 0 spiro atoms. The molecule has 1 rings (SSSR count). The summed E-state index contributed by atoms with van der Waals surface area (Å²) < 4.78 is 61.2. The maximum absolute atomic E-state index is 13.4. The van der Waals surface area contributed by atoms with Crippen molar-refractivity contribution in [2.45, 2.75) is 64.6 Å². The summed E-state index contributed by atoms with van der Waals surface area (Å²) in [5.41, 5.74) is 2.49. The average Bonchev–Trinajstić information content (AvgIpc) is 2.49. The molecule has 0 saturated heterocycles. The lowest BCUT2D eigenvalue weighted by atomic mass is 9.84. The zero-order valence-electron chi connectivity index (χ0n) is 15.8. The molecule has 0 atom stereocenters. The largest absolute Gasteiger partial charge is 0.454 e. The summed E-state index contributed by atoms with van der Waals surface area (Å²) in [6, 6.07) is 3.69.